The number of phenols is 3. The number of hydrogen-bond acceptors (Lipinski definition) is 29. The Balaban J connectivity index is 0.998. The number of halogens is 4. The minimum absolute atomic E-state index is 0.0608. The summed E-state index contributed by atoms with van der Waals surface area (Å²) >= 11 is 20.2. The summed E-state index contributed by atoms with van der Waals surface area (Å²) in [6.07, 6.45) is -18.5. The third-order valence-corrected chi connectivity index (χ3v) is 22.4. The van der Waals surface area contributed by atoms with E-state index in [1.807, 2.05) is 13.8 Å². The number of nitrogens with two attached hydrogens (primary N) is 1. The normalized spacial score (nSPS) is 25.9. The standard InChI is InChI=1S/C82H92Cl3FN14O25/c1-7-90-99-79(118)63-42-28-40(102)29-50(104)60(42)41-23-36(9-13-49(41)103)61-75(114)98-65(78(117)96-63)67(108)38-11-15-52(45(85)25-38)122-54-27-39-26-53(121-51-14-10-37(24-44(51)84)66(107)64(97-73(112)47(88-6)20-33(2)3)77(116)91-48(30-56(87)105)74(113)94-62(39)76(115)95-61)70(54)125-80-71(69(110)68(109)55(32-101)123-80)124-59-31-82(5,72(111)34(4)120-59)89-17-19-100-18-16-57(93-81(100)119)92-58(106)22-35-8-12-43(83)46(86)21-35/h8-16,18,21,23-29,33-34,47-48,55,59,61-69,71-72,80,88-90,101-104,107-111H,7,17,19-20,22,30-32H2,1-6H3,(H2,87,105)(H,91,116)(H,94,113)(H,95,115)(H,96,117)(H,97,112)(H,98,114)(H,99,118)(H,92,93,106,119)/t34-,47+,48-,55+,59-,61+,62+,63+,64+,65-,66+,67+,68+,69-,71+,72+,80-,82-/m0/s1. The molecule has 2 fully saturated rings. The summed E-state index contributed by atoms with van der Waals surface area (Å²) in [5.41, 5.74) is 6.31. The Hall–Kier alpha value is -11.5. The van der Waals surface area contributed by atoms with E-state index >= 15 is 24.0 Å². The van der Waals surface area contributed by atoms with E-state index in [2.05, 4.69) is 63.7 Å². The lowest BCUT2D eigenvalue weighted by Gasteiger charge is -2.48. The van der Waals surface area contributed by atoms with Crippen LogP contribution in [0.25, 0.3) is 11.1 Å². The maximum absolute atomic E-state index is 16.3. The molecule has 14 rings (SSSR count). The van der Waals surface area contributed by atoms with Crippen molar-refractivity contribution in [2.45, 2.75) is 176 Å². The minimum atomic E-state index is -2.39. The molecule has 668 valence electrons. The quantitative estimate of drug-likeness (QED) is 0.0428. The van der Waals surface area contributed by atoms with Crippen molar-refractivity contribution in [3.05, 3.63) is 174 Å². The van der Waals surface area contributed by atoms with Crippen LogP contribution >= 0.6 is 34.8 Å². The summed E-state index contributed by atoms with van der Waals surface area (Å²) in [5, 5.41) is 129. The van der Waals surface area contributed by atoms with Gasteiger partial charge in [0.15, 0.2) is 23.9 Å². The number of anilines is 1. The van der Waals surface area contributed by atoms with Gasteiger partial charge in [0, 0.05) is 55.0 Å². The zero-order valence-electron chi connectivity index (χ0n) is 67.5. The van der Waals surface area contributed by atoms with Crippen molar-refractivity contribution in [3.8, 4) is 57.1 Å². The molecule has 7 aliphatic rings. The molecule has 22 N–H and O–H groups in total. The molecule has 39 nitrogen and oxygen atoms in total. The highest BCUT2D eigenvalue weighted by atomic mass is 35.5. The van der Waals surface area contributed by atoms with Crippen molar-refractivity contribution in [2.75, 3.05) is 32.1 Å². The SMILES string of the molecule is CCNNC(=O)[C@@H]1NC(=O)[C@H]2NC(=O)[C@H](NC(=O)[C@@H]3NC(=O)[C@H](CC(N)=O)NC(=O)[C@H](NC(=O)[C@@H](CC(C)C)NC)[C@H](O)c4ccc(c(Cl)c4)Oc4cc3cc(c4O[C@@H]3O[C@H](CO)[C@@H](O)[C@H](O)[C@H]3O[C@H]3C[C@](C)(NCCn4ccc(NC(=O)Cc5ccc(Cl)c(F)c5)nc4=O)[C@H](O)[C@H](C)O3)Oc3ccc(cc3Cl)[C@H]2O)c2ccc(O)c(c2)-c2c(O)cc(O)cc21. The molecule has 0 unspecified atom stereocenters. The van der Waals surface area contributed by atoms with Crippen molar-refractivity contribution in [3.63, 3.8) is 0 Å². The Morgan fingerprint density at radius 1 is 0.728 bits per heavy atom. The number of fused-ring (bicyclic) bond motifs is 15. The Bertz CT molecular complexity index is 5370. The van der Waals surface area contributed by atoms with Crippen LogP contribution in [-0.2, 0) is 70.3 Å². The van der Waals surface area contributed by atoms with Crippen LogP contribution in [0.5, 0.6) is 46.0 Å². The molecule has 0 saturated carbocycles. The fourth-order valence-electron chi connectivity index (χ4n) is 15.1. The van der Waals surface area contributed by atoms with Crippen LogP contribution in [0.2, 0.25) is 15.1 Å². The van der Waals surface area contributed by atoms with Crippen LogP contribution in [0, 0.1) is 11.7 Å². The lowest BCUT2D eigenvalue weighted by Crippen LogP contribution is -2.65. The van der Waals surface area contributed by atoms with Gasteiger partial charge in [-0.15, -0.1) is 0 Å². The number of rotatable bonds is 22. The number of hydrogen-bond donors (Lipinski definition) is 21. The molecule has 43 heteroatoms. The second-order valence-electron chi connectivity index (χ2n) is 31.0. The molecule has 2 saturated heterocycles. The summed E-state index contributed by atoms with van der Waals surface area (Å²) in [5.74, 6) is -16.7. The Kier molecular flexibility index (Phi) is 29.2. The highest BCUT2D eigenvalue weighted by Gasteiger charge is 2.52. The third-order valence-electron chi connectivity index (χ3n) is 21.5. The first-order valence-corrected chi connectivity index (χ1v) is 40.5. The van der Waals surface area contributed by atoms with Crippen LogP contribution in [0.3, 0.4) is 0 Å². The van der Waals surface area contributed by atoms with Gasteiger partial charge in [0.2, 0.25) is 59.3 Å². The van der Waals surface area contributed by atoms with Crippen molar-refractivity contribution >= 4 is 93.8 Å². The molecule has 7 aromatic rings. The lowest BCUT2D eigenvalue weighted by molar-refractivity contribution is -0.334. The van der Waals surface area contributed by atoms with Gasteiger partial charge in [-0.3, -0.25) is 53.1 Å². The monoisotopic (exact) mass is 1800 g/mol. The predicted molar refractivity (Wildman–Crippen MR) is 440 cm³/mol. The smallest absolute Gasteiger partial charge is 0.349 e. The van der Waals surface area contributed by atoms with E-state index in [1.54, 1.807) is 13.8 Å². The molecule has 0 radical (unpaired) electrons. The van der Waals surface area contributed by atoms with Gasteiger partial charge in [0.25, 0.3) is 5.91 Å². The molecule has 1 aromatic heterocycles. The molecule has 18 atom stereocenters. The number of aromatic nitrogens is 2. The summed E-state index contributed by atoms with van der Waals surface area (Å²) in [6, 6.07) is 4.93. The molecule has 9 amide bonds. The maximum Gasteiger partial charge on any atom is 0.349 e. The first-order chi connectivity index (χ1) is 59.3. The van der Waals surface area contributed by atoms with Crippen molar-refractivity contribution in [1.29, 1.82) is 0 Å². The maximum atomic E-state index is 16.3. The topological polar surface area (TPSA) is 584 Å². The van der Waals surface area contributed by atoms with Crippen LogP contribution in [0.4, 0.5) is 10.2 Å². The number of ether oxygens (including phenoxy) is 6. The van der Waals surface area contributed by atoms with E-state index in [9.17, 15) is 74.3 Å². The zero-order valence-corrected chi connectivity index (χ0v) is 69.7. The molecule has 125 heavy (non-hydrogen) atoms. The van der Waals surface area contributed by atoms with E-state index in [0.29, 0.717) is 5.56 Å². The minimum Gasteiger partial charge on any atom is -0.508 e. The molecule has 0 aliphatic carbocycles. The van der Waals surface area contributed by atoms with Gasteiger partial charge in [-0.05, 0) is 139 Å². The molecule has 11 bridgehead atoms. The number of carbonyl (C=O) groups excluding carboxylic acids is 9. The van der Waals surface area contributed by atoms with E-state index in [1.165, 1.54) is 55.1 Å². The largest absolute Gasteiger partial charge is 0.508 e. The summed E-state index contributed by atoms with van der Waals surface area (Å²) in [7, 11) is 1.47. The highest BCUT2D eigenvalue weighted by molar-refractivity contribution is 6.32. The van der Waals surface area contributed by atoms with Crippen molar-refractivity contribution in [2.24, 2.45) is 11.7 Å². The molecular formula is C82H92Cl3FN14O25. The lowest BCUT2D eigenvalue weighted by atomic mass is 9.85. The van der Waals surface area contributed by atoms with Crippen molar-refractivity contribution in [1.82, 2.24) is 62.9 Å². The highest BCUT2D eigenvalue weighted by Crippen LogP contribution is 2.50. The van der Waals surface area contributed by atoms with E-state index in [0.717, 1.165) is 72.8 Å². The number of amides is 9. The van der Waals surface area contributed by atoms with E-state index in [-0.39, 0.29) is 78.1 Å². The average Bonchev–Trinajstić information content (AvgIpc) is 0.767. The fourth-order valence-corrected chi connectivity index (χ4v) is 15.6. The number of primary amides is 1. The number of aromatic hydroxyl groups is 3. The number of likely N-dealkylation sites (N-methyl/N-ethyl adjacent to an activating group) is 1. The first-order valence-electron chi connectivity index (χ1n) is 39.4. The molecule has 6 aromatic carbocycles. The van der Waals surface area contributed by atoms with Gasteiger partial charge in [-0.25, -0.2) is 14.6 Å². The number of aliphatic hydroxyl groups is 6. The number of phenolic OH excluding ortho intramolecular Hbond substituents is 3. The van der Waals surface area contributed by atoms with Crippen LogP contribution in [0.15, 0.2) is 114 Å². The molecule has 7 aliphatic heterocycles. The fraction of sp³-hybridized carbons (Fsp3) is 0.402. The van der Waals surface area contributed by atoms with Crippen LogP contribution < -0.4 is 84.3 Å². The van der Waals surface area contributed by atoms with Crippen LogP contribution in [0.1, 0.15) is 118 Å². The number of aliphatic hydroxyl groups excluding tert-OH is 6. The van der Waals surface area contributed by atoms with Gasteiger partial charge >= 0.3 is 5.69 Å². The number of nitrogens with zero attached hydrogens (tertiary/aromatic N) is 2. The average molecular weight is 1800 g/mol. The number of benzene rings is 6. The number of nitrogens with one attached hydrogen (secondary N) is 11. The predicted octanol–water partition coefficient (Wildman–Crippen LogP) is 1.52. The first kappa shape index (κ1) is 92.7. The molecule has 0 spiro atoms. The van der Waals surface area contributed by atoms with Crippen molar-refractivity contribution < 1.29 is 122 Å². The second-order valence-corrected chi connectivity index (χ2v) is 32.2. The second kappa shape index (κ2) is 39.4. The van der Waals surface area contributed by atoms with E-state index in [4.69, 9.17) is 69.0 Å². The zero-order chi connectivity index (χ0) is 90.5. The van der Waals surface area contributed by atoms with Gasteiger partial charge in [0.1, 0.15) is 107 Å². The molecule has 8 heterocycles. The van der Waals surface area contributed by atoms with Gasteiger partial charge in [-0.2, -0.15) is 4.98 Å². The summed E-state index contributed by atoms with van der Waals surface area (Å²) in [6.45, 7) is 7.21. The Labute approximate surface area is 726 Å². The van der Waals surface area contributed by atoms with Crippen LogP contribution in [-0.4, -0.2) is 214 Å². The Morgan fingerprint density at radius 2 is 1.38 bits per heavy atom. The number of hydrazine groups is 1. The summed E-state index contributed by atoms with van der Waals surface area (Å²) in [4.78, 5) is 150. The van der Waals surface area contributed by atoms with Gasteiger partial charge in [0.05, 0.1) is 52.8 Å². The Morgan fingerprint density at radius 3 is 2.02 bits per heavy atom. The molecular weight excluding hydrogens is 1710 g/mol. The summed E-state index contributed by atoms with van der Waals surface area (Å²) < 4.78 is 54.7. The van der Waals surface area contributed by atoms with Gasteiger partial charge in [-0.1, -0.05) is 79.8 Å². The third kappa shape index (κ3) is 21.1. The van der Waals surface area contributed by atoms with E-state index < -0.39 is 259 Å². The van der Waals surface area contributed by atoms with Gasteiger partial charge < -0.3 is 128 Å². The number of carbonyl (C=O) groups is 9.